The maximum Gasteiger partial charge on any atom is 0.309 e. The average Bonchev–Trinajstić information content (AvgIpc) is 3.06. The van der Waals surface area contributed by atoms with Crippen molar-refractivity contribution < 1.29 is 24.2 Å². The molecular formula is C38H46N2O5. The number of rotatable bonds is 20. The topological polar surface area (TPSA) is 105 Å². The minimum Gasteiger partial charge on any atom is -0.455 e. The highest BCUT2D eigenvalue weighted by molar-refractivity contribution is 5.86. The van der Waals surface area contributed by atoms with Gasteiger partial charge in [0.15, 0.2) is 0 Å². The number of allylic oxidation sites excluding steroid dienone is 2. The van der Waals surface area contributed by atoms with Crippen molar-refractivity contribution in [3.05, 3.63) is 133 Å². The standard InChI is InChI=1S/C38H46N2O5/c1-3-5-9-23-33(24-29-17-10-6-11-18-29)38(44)45-35(31-21-14-8-15-22-31)27-39-37(43)32(16-4-2)26-36(42)40-34(28-41)25-30-19-12-7-13-20-30/h3-4,6-8,10-15,17-22,32-35,41H,1-2,5,9,16,23-28H2,(H,39,43)(H,40,42)/t32-,33-,34+,35-/m1/s1. The number of hydrogen-bond acceptors (Lipinski definition) is 5. The number of unbranched alkanes of at least 4 members (excludes halogenated alkanes) is 1. The lowest BCUT2D eigenvalue weighted by atomic mass is 9.94. The van der Waals surface area contributed by atoms with Crippen LogP contribution in [0.1, 0.15) is 54.9 Å². The van der Waals surface area contributed by atoms with E-state index in [9.17, 15) is 19.5 Å². The molecule has 0 saturated carbocycles. The molecule has 7 nitrogen and oxygen atoms in total. The highest BCUT2D eigenvalue weighted by Gasteiger charge is 2.27. The third-order valence-corrected chi connectivity index (χ3v) is 7.67. The van der Waals surface area contributed by atoms with Gasteiger partial charge >= 0.3 is 5.97 Å². The lowest BCUT2D eigenvalue weighted by Crippen LogP contribution is -2.42. The number of amides is 2. The molecule has 0 aliphatic carbocycles. The predicted molar refractivity (Wildman–Crippen MR) is 178 cm³/mol. The molecule has 0 aliphatic heterocycles. The fourth-order valence-corrected chi connectivity index (χ4v) is 5.23. The van der Waals surface area contributed by atoms with Crippen molar-refractivity contribution in [2.45, 2.75) is 57.1 Å². The van der Waals surface area contributed by atoms with Gasteiger partial charge in [0.05, 0.1) is 31.0 Å². The van der Waals surface area contributed by atoms with E-state index in [1.54, 1.807) is 6.08 Å². The van der Waals surface area contributed by atoms with Crippen LogP contribution >= 0.6 is 0 Å². The predicted octanol–water partition coefficient (Wildman–Crippen LogP) is 5.90. The number of aliphatic hydroxyl groups excluding tert-OH is 1. The summed E-state index contributed by atoms with van der Waals surface area (Å²) in [6.07, 6.45) is 6.28. The minimum atomic E-state index is -0.705. The fourth-order valence-electron chi connectivity index (χ4n) is 5.23. The fraction of sp³-hybridized carbons (Fsp3) is 0.342. The van der Waals surface area contributed by atoms with Crippen LogP contribution in [0, 0.1) is 11.8 Å². The molecule has 3 N–H and O–H groups in total. The van der Waals surface area contributed by atoms with Crippen LogP contribution in [0.2, 0.25) is 0 Å². The van der Waals surface area contributed by atoms with Crippen LogP contribution in [-0.4, -0.2) is 42.1 Å². The second-order valence-corrected chi connectivity index (χ2v) is 11.2. The van der Waals surface area contributed by atoms with Gasteiger partial charge in [0.1, 0.15) is 6.10 Å². The van der Waals surface area contributed by atoms with Crippen molar-refractivity contribution in [1.82, 2.24) is 10.6 Å². The number of nitrogens with one attached hydrogen (secondary N) is 2. The van der Waals surface area contributed by atoms with Crippen molar-refractivity contribution in [3.63, 3.8) is 0 Å². The minimum absolute atomic E-state index is 0.0574. The summed E-state index contributed by atoms with van der Waals surface area (Å²) < 4.78 is 6.09. The van der Waals surface area contributed by atoms with Crippen LogP contribution in [0.25, 0.3) is 0 Å². The molecule has 0 fully saturated rings. The normalized spacial score (nSPS) is 13.4. The largest absolute Gasteiger partial charge is 0.455 e. The maximum absolute atomic E-state index is 13.6. The number of benzene rings is 3. The number of aliphatic hydroxyl groups is 1. The molecule has 3 rings (SSSR count). The van der Waals surface area contributed by atoms with Gasteiger partial charge in [-0.2, -0.15) is 0 Å². The summed E-state index contributed by atoms with van der Waals surface area (Å²) in [5.74, 6) is -2.00. The van der Waals surface area contributed by atoms with Crippen molar-refractivity contribution in [1.29, 1.82) is 0 Å². The van der Waals surface area contributed by atoms with Gasteiger partial charge in [-0.1, -0.05) is 103 Å². The highest BCUT2D eigenvalue weighted by Crippen LogP contribution is 2.23. The molecule has 0 unspecified atom stereocenters. The lowest BCUT2D eigenvalue weighted by Gasteiger charge is -2.24. The van der Waals surface area contributed by atoms with Crippen LogP contribution in [0.3, 0.4) is 0 Å². The molecular weight excluding hydrogens is 564 g/mol. The second kappa shape index (κ2) is 19.7. The molecule has 0 heterocycles. The van der Waals surface area contributed by atoms with Crippen molar-refractivity contribution in [2.24, 2.45) is 11.8 Å². The smallest absolute Gasteiger partial charge is 0.309 e. The first-order valence-electron chi connectivity index (χ1n) is 15.7. The number of ether oxygens (including phenoxy) is 1. The molecule has 0 aromatic heterocycles. The number of esters is 1. The van der Waals surface area contributed by atoms with Gasteiger partial charge in [-0.05, 0) is 55.2 Å². The molecule has 0 saturated heterocycles. The first kappa shape index (κ1) is 35.0. The Balaban J connectivity index is 1.66. The quantitative estimate of drug-likeness (QED) is 0.0839. The summed E-state index contributed by atoms with van der Waals surface area (Å²) in [5.41, 5.74) is 2.81. The zero-order valence-corrected chi connectivity index (χ0v) is 26.0. The second-order valence-electron chi connectivity index (χ2n) is 11.2. The molecule has 45 heavy (non-hydrogen) atoms. The Morgan fingerprint density at radius 1 is 0.800 bits per heavy atom. The van der Waals surface area contributed by atoms with E-state index >= 15 is 0 Å². The molecule has 0 aliphatic rings. The Morgan fingerprint density at radius 3 is 1.98 bits per heavy atom. The summed E-state index contributed by atoms with van der Waals surface area (Å²) >= 11 is 0. The van der Waals surface area contributed by atoms with Gasteiger partial charge in [-0.15, -0.1) is 13.2 Å². The van der Waals surface area contributed by atoms with Gasteiger partial charge in [0.25, 0.3) is 0 Å². The molecule has 3 aromatic rings. The van der Waals surface area contributed by atoms with E-state index in [4.69, 9.17) is 4.74 Å². The SMILES string of the molecule is C=CCCC[C@H](Cc1ccccc1)C(=O)O[C@H](CNC(=O)[C@H](CC=C)CC(=O)N[C@H](CO)Cc1ccccc1)c1ccccc1. The van der Waals surface area contributed by atoms with Crippen LogP contribution in [0.15, 0.2) is 116 Å². The van der Waals surface area contributed by atoms with Crippen molar-refractivity contribution in [2.75, 3.05) is 13.2 Å². The zero-order valence-electron chi connectivity index (χ0n) is 26.0. The Kier molecular flexibility index (Phi) is 15.3. The molecule has 3 aromatic carbocycles. The monoisotopic (exact) mass is 610 g/mol. The van der Waals surface area contributed by atoms with E-state index < -0.39 is 18.1 Å². The summed E-state index contributed by atoms with van der Waals surface area (Å²) in [6.45, 7) is 7.40. The Bertz CT molecular complexity index is 1330. The van der Waals surface area contributed by atoms with Crippen LogP contribution in [0.5, 0.6) is 0 Å². The molecule has 7 heteroatoms. The van der Waals surface area contributed by atoms with Crippen molar-refractivity contribution >= 4 is 17.8 Å². The van der Waals surface area contributed by atoms with Crippen molar-refractivity contribution in [3.8, 4) is 0 Å². The van der Waals surface area contributed by atoms with E-state index in [1.807, 2.05) is 97.1 Å². The van der Waals surface area contributed by atoms with Crippen LogP contribution in [0.4, 0.5) is 0 Å². The third kappa shape index (κ3) is 12.6. The van der Waals surface area contributed by atoms with E-state index in [0.717, 1.165) is 29.5 Å². The van der Waals surface area contributed by atoms with Crippen LogP contribution < -0.4 is 10.6 Å². The van der Waals surface area contributed by atoms with Crippen LogP contribution in [-0.2, 0) is 32.0 Å². The van der Waals surface area contributed by atoms with E-state index in [1.165, 1.54) is 0 Å². The number of carbonyl (C=O) groups is 3. The van der Waals surface area contributed by atoms with Gasteiger partial charge in [0, 0.05) is 6.42 Å². The molecule has 0 radical (unpaired) electrons. The van der Waals surface area contributed by atoms with E-state index in [2.05, 4.69) is 23.8 Å². The van der Waals surface area contributed by atoms with Gasteiger partial charge in [0.2, 0.25) is 11.8 Å². The first-order chi connectivity index (χ1) is 21.9. The van der Waals surface area contributed by atoms with Gasteiger partial charge < -0.3 is 20.5 Å². The molecule has 4 atom stereocenters. The Morgan fingerprint density at radius 2 is 1.40 bits per heavy atom. The van der Waals surface area contributed by atoms with Gasteiger partial charge in [-0.3, -0.25) is 14.4 Å². The van der Waals surface area contributed by atoms with Gasteiger partial charge in [-0.25, -0.2) is 0 Å². The molecule has 0 bridgehead atoms. The highest BCUT2D eigenvalue weighted by atomic mass is 16.5. The summed E-state index contributed by atoms with van der Waals surface area (Å²) in [4.78, 5) is 39.8. The Labute approximate surface area is 267 Å². The maximum atomic E-state index is 13.6. The molecule has 0 spiro atoms. The lowest BCUT2D eigenvalue weighted by molar-refractivity contribution is -0.155. The number of carbonyl (C=O) groups excluding carboxylic acids is 3. The molecule has 238 valence electrons. The average molecular weight is 611 g/mol. The summed E-state index contributed by atoms with van der Waals surface area (Å²) in [6, 6.07) is 28.3. The van der Waals surface area contributed by atoms with E-state index in [-0.39, 0.29) is 43.3 Å². The van der Waals surface area contributed by atoms with E-state index in [0.29, 0.717) is 25.7 Å². The Hall–Kier alpha value is -4.49. The number of hydrogen-bond donors (Lipinski definition) is 3. The third-order valence-electron chi connectivity index (χ3n) is 7.67. The summed E-state index contributed by atoms with van der Waals surface area (Å²) in [7, 11) is 0. The first-order valence-corrected chi connectivity index (χ1v) is 15.7. The summed E-state index contributed by atoms with van der Waals surface area (Å²) in [5, 5.41) is 15.6. The molecule has 2 amide bonds. The zero-order chi connectivity index (χ0) is 32.3.